The number of amides is 4. The summed E-state index contributed by atoms with van der Waals surface area (Å²) in [6.07, 6.45) is 1.49. The van der Waals surface area contributed by atoms with Gasteiger partial charge in [0, 0.05) is 11.1 Å². The largest absolute Gasteiger partial charge is 0.478 e. The van der Waals surface area contributed by atoms with Gasteiger partial charge in [0.15, 0.2) is 5.78 Å². The van der Waals surface area contributed by atoms with E-state index in [0.717, 1.165) is 6.42 Å². The van der Waals surface area contributed by atoms with Gasteiger partial charge in [0.05, 0.1) is 36.1 Å². The molecule has 2 heterocycles. The molecule has 4 N–H and O–H groups in total. The highest BCUT2D eigenvalue weighted by molar-refractivity contribution is 6.11. The number of benzene rings is 2. The summed E-state index contributed by atoms with van der Waals surface area (Å²) in [4.78, 5) is 67.7. The summed E-state index contributed by atoms with van der Waals surface area (Å²) in [7, 11) is 0. The van der Waals surface area contributed by atoms with Gasteiger partial charge < -0.3 is 30.9 Å². The Bertz CT molecular complexity index is 1300. The van der Waals surface area contributed by atoms with E-state index in [-0.39, 0.29) is 48.4 Å². The lowest BCUT2D eigenvalue weighted by atomic mass is 9.90. The molecule has 0 radical (unpaired) electrons. The molecule has 2 aliphatic rings. The number of carbonyl (C=O) groups excluding carboxylic acids is 4. The number of Topliss-reactive ketones (excluding diaryl/α,β-unsaturated/α-hetero) is 1. The maximum absolute atomic E-state index is 13.9. The van der Waals surface area contributed by atoms with Crippen molar-refractivity contribution in [1.29, 1.82) is 0 Å². The third-order valence-corrected chi connectivity index (χ3v) is 6.83. The van der Waals surface area contributed by atoms with E-state index in [1.165, 1.54) is 34.1 Å². The highest BCUT2D eigenvalue weighted by Gasteiger charge is 2.40. The van der Waals surface area contributed by atoms with Crippen LogP contribution in [0.15, 0.2) is 48.5 Å². The number of carboxylic acids is 1. The van der Waals surface area contributed by atoms with Crippen LogP contribution in [0.3, 0.4) is 0 Å². The number of nitrogens with one attached hydrogen (secondary N) is 3. The summed E-state index contributed by atoms with van der Waals surface area (Å²) in [5.74, 6) is -2.09. The number of ketones is 1. The normalized spacial score (nSPS) is 18.7. The number of anilines is 3. The van der Waals surface area contributed by atoms with Crippen LogP contribution in [0.5, 0.6) is 0 Å². The minimum Gasteiger partial charge on any atom is -0.478 e. The van der Waals surface area contributed by atoms with Gasteiger partial charge in [-0.25, -0.2) is 9.59 Å². The van der Waals surface area contributed by atoms with E-state index in [1.54, 1.807) is 45.0 Å². The number of halogens is 1. The first-order chi connectivity index (χ1) is 18.5. The number of para-hydroxylation sites is 2. The fraction of sp³-hybridized carbons (Fsp3) is 0.393. The first-order valence-corrected chi connectivity index (χ1v) is 12.8. The maximum Gasteiger partial charge on any atom is 0.335 e. The Morgan fingerprint density at radius 2 is 1.75 bits per heavy atom. The van der Waals surface area contributed by atoms with Crippen LogP contribution in [0, 0.1) is 5.41 Å². The molecule has 1 unspecified atom stereocenters. The average Bonchev–Trinajstić information content (AvgIpc) is 3.40. The van der Waals surface area contributed by atoms with Crippen molar-refractivity contribution in [2.75, 3.05) is 34.8 Å². The highest BCUT2D eigenvalue weighted by Crippen LogP contribution is 2.34. The van der Waals surface area contributed by atoms with Gasteiger partial charge in [-0.05, 0) is 49.7 Å². The first kappa shape index (κ1) is 30.6. The van der Waals surface area contributed by atoms with Crippen molar-refractivity contribution < 1.29 is 29.1 Å². The lowest BCUT2D eigenvalue weighted by Crippen LogP contribution is -2.56. The van der Waals surface area contributed by atoms with Gasteiger partial charge in [-0.15, -0.1) is 12.4 Å². The van der Waals surface area contributed by atoms with Crippen molar-refractivity contribution in [1.82, 2.24) is 10.6 Å². The van der Waals surface area contributed by atoms with Gasteiger partial charge in [0.25, 0.3) is 5.91 Å². The maximum atomic E-state index is 13.9. The fourth-order valence-electron chi connectivity index (χ4n) is 4.59. The van der Waals surface area contributed by atoms with Crippen molar-refractivity contribution in [3.63, 3.8) is 0 Å². The van der Waals surface area contributed by atoms with Gasteiger partial charge in [-0.1, -0.05) is 39.0 Å². The summed E-state index contributed by atoms with van der Waals surface area (Å²) >= 11 is 0. The van der Waals surface area contributed by atoms with E-state index in [0.29, 0.717) is 24.3 Å². The molecule has 1 saturated heterocycles. The standard InChI is InChI=1S/C28H33N5O6.ClH/c1-28(2,3)23(34)16-33-22-12-5-4-11-21(22)32(24(35)19-10-7-13-29-19)15-20(25(33)36)31-27(39)30-18-9-6-8-17(14-18)26(37)38;/h4-6,8-9,11-12,14,19-20,29H,7,10,13,15-16H2,1-3H3,(H,37,38)(H2,30,31,39);1H/t19-,20?;/m0./s1. The van der Waals surface area contributed by atoms with E-state index in [2.05, 4.69) is 16.0 Å². The van der Waals surface area contributed by atoms with Gasteiger partial charge >= 0.3 is 12.0 Å². The Morgan fingerprint density at radius 1 is 1.05 bits per heavy atom. The SMILES string of the molecule is CC(C)(C)C(=O)CN1C(=O)C(NC(=O)Nc2cccc(C(=O)O)c2)CN(C(=O)[C@@H]2CCCN2)c2ccccc21.Cl. The minimum atomic E-state index is -1.18. The Hall–Kier alpha value is -3.96. The molecule has 0 aromatic heterocycles. The molecular formula is C28H34ClN5O6. The number of rotatable bonds is 6. The number of carbonyl (C=O) groups is 5. The molecule has 2 atom stereocenters. The topological polar surface area (TPSA) is 148 Å². The van der Waals surface area contributed by atoms with Crippen molar-refractivity contribution in [2.45, 2.75) is 45.7 Å². The Labute approximate surface area is 238 Å². The summed E-state index contributed by atoms with van der Waals surface area (Å²) < 4.78 is 0. The predicted molar refractivity (Wildman–Crippen MR) is 153 cm³/mol. The lowest BCUT2D eigenvalue weighted by Gasteiger charge is -2.28. The van der Waals surface area contributed by atoms with E-state index in [4.69, 9.17) is 0 Å². The Balaban J connectivity index is 0.00000441. The fourth-order valence-corrected chi connectivity index (χ4v) is 4.59. The molecule has 4 rings (SSSR count). The van der Waals surface area contributed by atoms with Crippen molar-refractivity contribution in [2.24, 2.45) is 5.41 Å². The van der Waals surface area contributed by atoms with Crippen molar-refractivity contribution in [3.05, 3.63) is 54.1 Å². The molecular weight excluding hydrogens is 538 g/mol. The van der Waals surface area contributed by atoms with Crippen LogP contribution in [0.2, 0.25) is 0 Å². The molecule has 0 bridgehead atoms. The third kappa shape index (κ3) is 6.78. The van der Waals surface area contributed by atoms with Gasteiger partial charge in [0.2, 0.25) is 5.91 Å². The van der Waals surface area contributed by atoms with Crippen LogP contribution in [0.25, 0.3) is 0 Å². The molecule has 2 aromatic rings. The quantitative estimate of drug-likeness (QED) is 0.416. The van der Waals surface area contributed by atoms with Gasteiger partial charge in [-0.2, -0.15) is 0 Å². The molecule has 2 aromatic carbocycles. The second-order valence-electron chi connectivity index (χ2n) is 10.7. The molecule has 0 saturated carbocycles. The number of fused-ring (bicyclic) bond motifs is 1. The predicted octanol–water partition coefficient (Wildman–Crippen LogP) is 3.04. The number of hydrogen-bond acceptors (Lipinski definition) is 6. The van der Waals surface area contributed by atoms with E-state index >= 15 is 0 Å². The number of urea groups is 1. The van der Waals surface area contributed by atoms with Crippen LogP contribution in [-0.2, 0) is 14.4 Å². The summed E-state index contributed by atoms with van der Waals surface area (Å²) in [5, 5.41) is 17.6. The highest BCUT2D eigenvalue weighted by atomic mass is 35.5. The summed E-state index contributed by atoms with van der Waals surface area (Å²) in [6, 6.07) is 10.2. The van der Waals surface area contributed by atoms with E-state index in [1.807, 2.05) is 0 Å². The van der Waals surface area contributed by atoms with Crippen molar-refractivity contribution >= 4 is 59.1 Å². The smallest absolute Gasteiger partial charge is 0.335 e. The molecule has 12 heteroatoms. The Morgan fingerprint density at radius 3 is 2.38 bits per heavy atom. The summed E-state index contributed by atoms with van der Waals surface area (Å²) in [6.45, 7) is 5.62. The zero-order valence-corrected chi connectivity index (χ0v) is 23.4. The monoisotopic (exact) mass is 571 g/mol. The molecule has 2 aliphatic heterocycles. The first-order valence-electron chi connectivity index (χ1n) is 12.8. The molecule has 0 spiro atoms. The number of nitrogens with zero attached hydrogens (tertiary/aromatic N) is 2. The second kappa shape index (κ2) is 12.5. The Kier molecular flexibility index (Phi) is 9.54. The summed E-state index contributed by atoms with van der Waals surface area (Å²) in [5.41, 5.74) is 0.372. The van der Waals surface area contributed by atoms with Crippen LogP contribution >= 0.6 is 12.4 Å². The van der Waals surface area contributed by atoms with Crippen LogP contribution < -0.4 is 25.8 Å². The molecule has 214 valence electrons. The van der Waals surface area contributed by atoms with Crippen LogP contribution in [-0.4, -0.2) is 66.4 Å². The third-order valence-electron chi connectivity index (χ3n) is 6.83. The average molecular weight is 572 g/mol. The minimum absolute atomic E-state index is 0. The van der Waals surface area contributed by atoms with Gasteiger partial charge in [0.1, 0.15) is 6.04 Å². The zero-order chi connectivity index (χ0) is 28.3. The van der Waals surface area contributed by atoms with Crippen molar-refractivity contribution in [3.8, 4) is 0 Å². The number of aromatic carboxylic acids is 1. The van der Waals surface area contributed by atoms with Crippen LogP contribution in [0.4, 0.5) is 21.9 Å². The molecule has 0 aliphatic carbocycles. The number of hydrogen-bond donors (Lipinski definition) is 4. The second-order valence-corrected chi connectivity index (χ2v) is 10.7. The van der Waals surface area contributed by atoms with Crippen LogP contribution in [0.1, 0.15) is 44.0 Å². The molecule has 4 amide bonds. The zero-order valence-electron chi connectivity index (χ0n) is 22.6. The molecule has 40 heavy (non-hydrogen) atoms. The molecule has 1 fully saturated rings. The molecule has 11 nitrogen and oxygen atoms in total. The van der Waals surface area contributed by atoms with Gasteiger partial charge in [-0.3, -0.25) is 14.4 Å². The van der Waals surface area contributed by atoms with E-state index in [9.17, 15) is 29.1 Å². The lowest BCUT2D eigenvalue weighted by molar-refractivity contribution is -0.127. The van der Waals surface area contributed by atoms with E-state index < -0.39 is 35.4 Å². The number of carboxylic acid groups (broad SMARTS) is 1.